The molecule has 2 unspecified atom stereocenters. The van der Waals surface area contributed by atoms with Gasteiger partial charge >= 0.3 is 11.9 Å². The quantitative estimate of drug-likeness (QED) is 0.0195. The average Bonchev–Trinajstić information content (AvgIpc) is 3.41. The maximum Gasteiger partial charge on any atom is 0.306 e. The van der Waals surface area contributed by atoms with E-state index in [1.54, 1.807) is 0 Å². The molecule has 0 aromatic rings. The van der Waals surface area contributed by atoms with Crippen LogP contribution < -0.4 is 5.11 Å². The Bertz CT molecular complexity index is 1370. The van der Waals surface area contributed by atoms with Crippen LogP contribution in [-0.2, 0) is 33.3 Å². The molecule has 2 atom stereocenters. The molecule has 0 rings (SSSR count). The molecule has 0 saturated carbocycles. The molecule has 0 radical (unpaired) electrons. The second-order valence-corrected chi connectivity index (χ2v) is 24.1. The Hall–Kier alpha value is -2.49. The van der Waals surface area contributed by atoms with Crippen molar-refractivity contribution in [2.45, 2.75) is 341 Å². The number of quaternary nitrogens is 1. The van der Waals surface area contributed by atoms with Crippen LogP contribution in [0.4, 0.5) is 0 Å². The zero-order valence-corrected chi connectivity index (χ0v) is 52.3. The molecule has 458 valence electrons. The average molecular weight is 1100 g/mol. The fraction of sp³-hybridized carbons (Fsp3) is 0.870. The highest BCUT2D eigenvalue weighted by Gasteiger charge is 2.22. The summed E-state index contributed by atoms with van der Waals surface area (Å²) in [5.74, 6) is -2.28. The first-order chi connectivity index (χ1) is 38.1. The van der Waals surface area contributed by atoms with Gasteiger partial charge in [0.1, 0.15) is 13.2 Å². The largest absolute Gasteiger partial charge is 0.545 e. The smallest absolute Gasteiger partial charge is 0.306 e. The van der Waals surface area contributed by atoms with Crippen LogP contribution in [0.25, 0.3) is 0 Å². The van der Waals surface area contributed by atoms with E-state index in [9.17, 15) is 19.5 Å². The minimum absolute atomic E-state index is 0.146. The van der Waals surface area contributed by atoms with Gasteiger partial charge in [0, 0.05) is 12.8 Å². The number of carbonyl (C=O) groups is 3. The summed E-state index contributed by atoms with van der Waals surface area (Å²) in [6.07, 6.45) is 72.3. The van der Waals surface area contributed by atoms with Gasteiger partial charge in [-0.25, -0.2) is 0 Å². The van der Waals surface area contributed by atoms with E-state index < -0.39 is 24.3 Å². The molecule has 0 aromatic carbocycles. The maximum atomic E-state index is 12.9. The highest BCUT2D eigenvalue weighted by molar-refractivity contribution is 5.70. The number of carboxylic acids is 1. The molecule has 0 aliphatic carbocycles. The van der Waals surface area contributed by atoms with E-state index in [-0.39, 0.29) is 32.2 Å². The highest BCUT2D eigenvalue weighted by atomic mass is 16.7. The van der Waals surface area contributed by atoms with Crippen molar-refractivity contribution in [3.8, 4) is 0 Å². The van der Waals surface area contributed by atoms with E-state index in [1.165, 1.54) is 225 Å². The predicted molar refractivity (Wildman–Crippen MR) is 329 cm³/mol. The number of carbonyl (C=O) groups excluding carboxylic acids is 3. The van der Waals surface area contributed by atoms with Crippen LogP contribution in [0.1, 0.15) is 328 Å². The Labute approximate surface area is 483 Å². The van der Waals surface area contributed by atoms with Crippen molar-refractivity contribution in [2.24, 2.45) is 0 Å². The van der Waals surface area contributed by atoms with E-state index >= 15 is 0 Å². The number of unbranched alkanes of at least 4 members (excludes halogenated alkanes) is 42. The summed E-state index contributed by atoms with van der Waals surface area (Å²) >= 11 is 0. The molecule has 0 spiro atoms. The van der Waals surface area contributed by atoms with Crippen LogP contribution in [0.2, 0.25) is 0 Å². The number of hydrogen-bond acceptors (Lipinski definition) is 8. The molecular weight excluding hydrogens is 971 g/mol. The number of likely N-dealkylation sites (N-methyl/N-ethyl adjacent to an activating group) is 1. The lowest BCUT2D eigenvalue weighted by molar-refractivity contribution is -0.870. The lowest BCUT2D eigenvalue weighted by Gasteiger charge is -2.26. The third-order valence-electron chi connectivity index (χ3n) is 15.1. The Morgan fingerprint density at radius 3 is 1.03 bits per heavy atom. The molecule has 0 aromatic heterocycles. The molecule has 0 heterocycles. The van der Waals surface area contributed by atoms with Crippen LogP contribution in [0.3, 0.4) is 0 Å². The van der Waals surface area contributed by atoms with Gasteiger partial charge in [0.2, 0.25) is 0 Å². The zero-order valence-electron chi connectivity index (χ0n) is 52.3. The summed E-state index contributed by atoms with van der Waals surface area (Å²) < 4.78 is 22.8. The molecule has 0 N–H and O–H groups in total. The van der Waals surface area contributed by atoms with Crippen LogP contribution >= 0.6 is 0 Å². The molecule has 0 aliphatic heterocycles. The van der Waals surface area contributed by atoms with E-state index in [1.807, 2.05) is 21.1 Å². The second kappa shape index (κ2) is 60.6. The van der Waals surface area contributed by atoms with Crippen LogP contribution in [-0.4, -0.2) is 82.3 Å². The maximum absolute atomic E-state index is 12.9. The van der Waals surface area contributed by atoms with Crippen LogP contribution in [0.15, 0.2) is 36.5 Å². The summed E-state index contributed by atoms with van der Waals surface area (Å²) in [4.78, 5) is 37.4. The second-order valence-electron chi connectivity index (χ2n) is 24.1. The molecular formula is C69H129NO8. The summed E-state index contributed by atoms with van der Waals surface area (Å²) in [6.45, 7) is 4.77. The summed E-state index contributed by atoms with van der Waals surface area (Å²) in [6, 6.07) is 0. The molecule has 0 aliphatic rings. The topological polar surface area (TPSA) is 111 Å². The van der Waals surface area contributed by atoms with Crippen molar-refractivity contribution >= 4 is 17.9 Å². The first-order valence-corrected chi connectivity index (χ1v) is 33.6. The van der Waals surface area contributed by atoms with Gasteiger partial charge in [-0.3, -0.25) is 9.59 Å². The number of esters is 2. The van der Waals surface area contributed by atoms with Gasteiger partial charge in [-0.05, 0) is 51.4 Å². The minimum Gasteiger partial charge on any atom is -0.545 e. The standard InChI is InChI=1S/C69H129NO8/c1-6-8-10-12-14-16-18-20-22-24-26-28-29-30-31-32-33-34-35-36-37-38-40-41-43-45-47-49-51-53-55-57-59-66(71)76-63-65(64-77-69(68(73)74)75-62-61-70(3,4)5)78-67(72)60-58-56-54-52-50-48-46-44-42-39-27-25-23-21-19-17-15-13-11-9-7-2/h19,21,25,27,42,44,65,69H,6-18,20,22-24,26,28-41,43,45-64H2,1-5H3/b21-19-,27-25-,44-42-. The van der Waals surface area contributed by atoms with Gasteiger partial charge in [-0.2, -0.15) is 0 Å². The summed E-state index contributed by atoms with van der Waals surface area (Å²) in [5.41, 5.74) is 0. The van der Waals surface area contributed by atoms with Crippen molar-refractivity contribution < 1.29 is 42.9 Å². The van der Waals surface area contributed by atoms with E-state index in [4.69, 9.17) is 18.9 Å². The number of ether oxygens (including phenoxy) is 4. The van der Waals surface area contributed by atoms with Crippen molar-refractivity contribution in [3.05, 3.63) is 36.5 Å². The lowest BCUT2D eigenvalue weighted by Crippen LogP contribution is -2.44. The normalized spacial score (nSPS) is 12.9. The minimum atomic E-state index is -1.62. The molecule has 0 saturated heterocycles. The predicted octanol–water partition coefficient (Wildman–Crippen LogP) is 19.1. The van der Waals surface area contributed by atoms with Crippen molar-refractivity contribution in [1.82, 2.24) is 0 Å². The molecule has 78 heavy (non-hydrogen) atoms. The highest BCUT2D eigenvalue weighted by Crippen LogP contribution is 2.18. The van der Waals surface area contributed by atoms with Gasteiger partial charge in [-0.15, -0.1) is 0 Å². The third-order valence-corrected chi connectivity index (χ3v) is 15.1. The van der Waals surface area contributed by atoms with Crippen molar-refractivity contribution in [1.29, 1.82) is 0 Å². The number of hydrogen-bond donors (Lipinski definition) is 0. The zero-order chi connectivity index (χ0) is 56.9. The van der Waals surface area contributed by atoms with Crippen LogP contribution in [0.5, 0.6) is 0 Å². The lowest BCUT2D eigenvalue weighted by atomic mass is 10.0. The number of rotatable bonds is 63. The molecule has 0 amide bonds. The third kappa shape index (κ3) is 61.1. The van der Waals surface area contributed by atoms with Gasteiger partial charge in [0.25, 0.3) is 0 Å². The van der Waals surface area contributed by atoms with E-state index in [2.05, 4.69) is 50.3 Å². The first kappa shape index (κ1) is 75.5. The Morgan fingerprint density at radius 1 is 0.385 bits per heavy atom. The van der Waals surface area contributed by atoms with Crippen molar-refractivity contribution in [2.75, 3.05) is 47.5 Å². The summed E-state index contributed by atoms with van der Waals surface area (Å²) in [7, 11) is 5.93. The SMILES string of the molecule is CCCCCCC/C=C\C/C=C\C/C=C\CCCCCCCCC(=O)OC(COC(=O)CCCCCCCCCCCCCCCCCCCCCCCCCCCCCCCCCC)COC(OCC[N+](C)(C)C)C(=O)[O-]. The summed E-state index contributed by atoms with van der Waals surface area (Å²) in [5, 5.41) is 11.8. The molecule has 0 bridgehead atoms. The Balaban J connectivity index is 4.08. The Kier molecular flexibility index (Phi) is 58.7. The van der Waals surface area contributed by atoms with Crippen molar-refractivity contribution in [3.63, 3.8) is 0 Å². The monoisotopic (exact) mass is 1100 g/mol. The van der Waals surface area contributed by atoms with Crippen LogP contribution in [0, 0.1) is 0 Å². The van der Waals surface area contributed by atoms with E-state index in [0.29, 0.717) is 23.9 Å². The number of aliphatic carboxylic acids is 1. The number of allylic oxidation sites excluding steroid dienone is 6. The van der Waals surface area contributed by atoms with Gasteiger partial charge in [0.15, 0.2) is 12.4 Å². The van der Waals surface area contributed by atoms with Gasteiger partial charge in [0.05, 0.1) is 40.3 Å². The first-order valence-electron chi connectivity index (χ1n) is 33.6. The molecule has 9 nitrogen and oxygen atoms in total. The van der Waals surface area contributed by atoms with Gasteiger partial charge < -0.3 is 33.3 Å². The Morgan fingerprint density at radius 2 is 0.692 bits per heavy atom. The molecule has 0 fully saturated rings. The number of nitrogens with zero attached hydrogens (tertiary/aromatic N) is 1. The van der Waals surface area contributed by atoms with E-state index in [0.717, 1.165) is 70.6 Å². The number of carboxylic acid groups (broad SMARTS) is 1. The fourth-order valence-corrected chi connectivity index (χ4v) is 9.96. The van der Waals surface area contributed by atoms with Gasteiger partial charge in [-0.1, -0.05) is 301 Å². The fourth-order valence-electron chi connectivity index (χ4n) is 9.96. The molecule has 9 heteroatoms.